The second-order valence-corrected chi connectivity index (χ2v) is 5.66. The van der Waals surface area contributed by atoms with E-state index in [4.69, 9.17) is 5.73 Å². The zero-order chi connectivity index (χ0) is 13.8. The van der Waals surface area contributed by atoms with Gasteiger partial charge < -0.3 is 15.7 Å². The molecule has 104 valence electrons. The number of hydrogen-bond acceptors (Lipinski definition) is 3. The van der Waals surface area contributed by atoms with E-state index in [2.05, 4.69) is 0 Å². The van der Waals surface area contributed by atoms with Crippen LogP contribution in [-0.4, -0.2) is 41.5 Å². The zero-order valence-corrected chi connectivity index (χ0v) is 11.3. The van der Waals surface area contributed by atoms with Crippen LogP contribution in [-0.2, 0) is 9.59 Å². The van der Waals surface area contributed by atoms with Gasteiger partial charge in [0, 0.05) is 19.5 Å². The summed E-state index contributed by atoms with van der Waals surface area (Å²) in [5.74, 6) is -0.414. The van der Waals surface area contributed by atoms with Gasteiger partial charge in [-0.3, -0.25) is 9.59 Å². The van der Waals surface area contributed by atoms with Crippen LogP contribution in [0.1, 0.15) is 39.5 Å². The van der Waals surface area contributed by atoms with E-state index in [9.17, 15) is 14.7 Å². The first-order chi connectivity index (χ1) is 8.39. The highest BCUT2D eigenvalue weighted by Gasteiger charge is 2.39. The largest absolute Gasteiger partial charge is 0.481 e. The van der Waals surface area contributed by atoms with Gasteiger partial charge >= 0.3 is 5.97 Å². The topological polar surface area (TPSA) is 83.6 Å². The van der Waals surface area contributed by atoms with Crippen LogP contribution in [0.4, 0.5) is 0 Å². The van der Waals surface area contributed by atoms with Crippen molar-refractivity contribution in [2.75, 3.05) is 19.6 Å². The predicted molar refractivity (Wildman–Crippen MR) is 69.0 cm³/mol. The van der Waals surface area contributed by atoms with Gasteiger partial charge in [-0.25, -0.2) is 0 Å². The number of carbonyl (C=O) groups excluding carboxylic acids is 1. The molecule has 0 radical (unpaired) electrons. The van der Waals surface area contributed by atoms with E-state index < -0.39 is 11.4 Å². The molecular weight excluding hydrogens is 232 g/mol. The van der Waals surface area contributed by atoms with Crippen LogP contribution in [0.3, 0.4) is 0 Å². The molecule has 1 aliphatic heterocycles. The van der Waals surface area contributed by atoms with Crippen molar-refractivity contribution in [1.82, 2.24) is 4.90 Å². The Kier molecular flexibility index (Phi) is 5.14. The number of carboxylic acid groups (broad SMARTS) is 1. The second-order valence-electron chi connectivity index (χ2n) is 5.66. The van der Waals surface area contributed by atoms with Crippen molar-refractivity contribution < 1.29 is 14.7 Å². The molecule has 5 heteroatoms. The number of rotatable bonds is 5. The van der Waals surface area contributed by atoms with E-state index in [1.54, 1.807) is 11.8 Å². The van der Waals surface area contributed by atoms with Crippen molar-refractivity contribution in [1.29, 1.82) is 0 Å². The summed E-state index contributed by atoms with van der Waals surface area (Å²) in [6.07, 6.45) is 2.65. The van der Waals surface area contributed by atoms with Gasteiger partial charge in [-0.1, -0.05) is 6.92 Å². The number of aliphatic carboxylic acids is 1. The van der Waals surface area contributed by atoms with Gasteiger partial charge in [0.2, 0.25) is 5.91 Å². The van der Waals surface area contributed by atoms with Gasteiger partial charge in [0.25, 0.3) is 0 Å². The SMILES string of the molecule is CC(CN)CCC(=O)N1CCCC(C)(C(=O)O)C1. The summed E-state index contributed by atoms with van der Waals surface area (Å²) in [6.45, 7) is 5.33. The summed E-state index contributed by atoms with van der Waals surface area (Å²) in [5.41, 5.74) is 4.73. The number of nitrogens with zero attached hydrogens (tertiary/aromatic N) is 1. The fourth-order valence-electron chi connectivity index (χ4n) is 2.27. The Bertz CT molecular complexity index is 319. The van der Waals surface area contributed by atoms with E-state index in [1.165, 1.54) is 0 Å². The molecule has 2 unspecified atom stereocenters. The van der Waals surface area contributed by atoms with Crippen LogP contribution in [0.5, 0.6) is 0 Å². The number of piperidine rings is 1. The second kappa shape index (κ2) is 6.18. The van der Waals surface area contributed by atoms with Gasteiger partial charge in [-0.2, -0.15) is 0 Å². The Morgan fingerprint density at radius 2 is 2.17 bits per heavy atom. The van der Waals surface area contributed by atoms with Crippen LogP contribution in [0.25, 0.3) is 0 Å². The van der Waals surface area contributed by atoms with Gasteiger partial charge in [0.1, 0.15) is 0 Å². The fraction of sp³-hybridized carbons (Fsp3) is 0.846. The molecular formula is C13H24N2O3. The molecule has 0 saturated carbocycles. The Morgan fingerprint density at radius 3 is 2.72 bits per heavy atom. The number of hydrogen-bond donors (Lipinski definition) is 2. The summed E-state index contributed by atoms with van der Waals surface area (Å²) in [7, 11) is 0. The van der Waals surface area contributed by atoms with Crippen molar-refractivity contribution in [3.8, 4) is 0 Å². The van der Waals surface area contributed by atoms with Crippen LogP contribution in [0, 0.1) is 11.3 Å². The van der Waals surface area contributed by atoms with Crippen molar-refractivity contribution in [2.45, 2.75) is 39.5 Å². The van der Waals surface area contributed by atoms with Crippen molar-refractivity contribution in [3.05, 3.63) is 0 Å². The third kappa shape index (κ3) is 3.70. The average Bonchev–Trinajstić information content (AvgIpc) is 2.35. The minimum atomic E-state index is -0.810. The van der Waals surface area contributed by atoms with Gasteiger partial charge in [-0.05, 0) is 38.6 Å². The van der Waals surface area contributed by atoms with E-state index in [1.807, 2.05) is 6.92 Å². The molecule has 0 aromatic rings. The molecule has 3 N–H and O–H groups in total. The molecule has 18 heavy (non-hydrogen) atoms. The molecule has 0 aromatic heterocycles. The third-order valence-electron chi connectivity index (χ3n) is 3.82. The maximum Gasteiger partial charge on any atom is 0.311 e. The Morgan fingerprint density at radius 1 is 1.50 bits per heavy atom. The lowest BCUT2D eigenvalue weighted by atomic mass is 9.82. The van der Waals surface area contributed by atoms with E-state index in [0.717, 1.165) is 12.8 Å². The minimum absolute atomic E-state index is 0.0578. The van der Waals surface area contributed by atoms with Crippen LogP contribution in [0.2, 0.25) is 0 Å². The lowest BCUT2D eigenvalue weighted by Gasteiger charge is -2.37. The maximum absolute atomic E-state index is 12.0. The number of nitrogens with two attached hydrogens (primary N) is 1. The summed E-state index contributed by atoms with van der Waals surface area (Å²) >= 11 is 0. The summed E-state index contributed by atoms with van der Waals surface area (Å²) in [5, 5.41) is 9.20. The fourth-order valence-corrected chi connectivity index (χ4v) is 2.27. The van der Waals surface area contributed by atoms with Gasteiger partial charge in [0.05, 0.1) is 5.41 Å². The maximum atomic E-state index is 12.0. The summed E-state index contributed by atoms with van der Waals surface area (Å²) in [4.78, 5) is 24.9. The van der Waals surface area contributed by atoms with Gasteiger partial charge in [-0.15, -0.1) is 0 Å². The summed E-state index contributed by atoms with van der Waals surface area (Å²) < 4.78 is 0. The highest BCUT2D eigenvalue weighted by Crippen LogP contribution is 2.30. The Labute approximate surface area is 108 Å². The average molecular weight is 256 g/mol. The number of carboxylic acids is 1. The molecule has 1 amide bonds. The van der Waals surface area contributed by atoms with E-state index in [-0.39, 0.29) is 5.91 Å². The normalized spacial score (nSPS) is 25.8. The molecule has 1 fully saturated rings. The number of carbonyl (C=O) groups is 2. The Balaban J connectivity index is 2.51. The molecule has 1 aliphatic rings. The third-order valence-corrected chi connectivity index (χ3v) is 3.82. The molecule has 1 heterocycles. The molecule has 5 nitrogen and oxygen atoms in total. The Hall–Kier alpha value is -1.10. The van der Waals surface area contributed by atoms with Crippen molar-refractivity contribution in [3.63, 3.8) is 0 Å². The van der Waals surface area contributed by atoms with Gasteiger partial charge in [0.15, 0.2) is 0 Å². The number of amides is 1. The molecule has 0 bridgehead atoms. The van der Waals surface area contributed by atoms with Crippen molar-refractivity contribution in [2.24, 2.45) is 17.1 Å². The van der Waals surface area contributed by atoms with E-state index in [0.29, 0.717) is 38.4 Å². The van der Waals surface area contributed by atoms with Crippen LogP contribution >= 0.6 is 0 Å². The highest BCUT2D eigenvalue weighted by molar-refractivity contribution is 5.79. The predicted octanol–water partition coefficient (Wildman–Crippen LogP) is 1.07. The number of likely N-dealkylation sites (tertiary alicyclic amines) is 1. The molecule has 0 aromatic carbocycles. The molecule has 1 saturated heterocycles. The molecule has 2 atom stereocenters. The first kappa shape index (κ1) is 15.0. The lowest BCUT2D eigenvalue weighted by molar-refractivity contribution is -0.153. The first-order valence-electron chi connectivity index (χ1n) is 6.60. The molecule has 1 rings (SSSR count). The van der Waals surface area contributed by atoms with Crippen LogP contribution < -0.4 is 5.73 Å². The molecule has 0 aliphatic carbocycles. The monoisotopic (exact) mass is 256 g/mol. The van der Waals surface area contributed by atoms with Crippen LogP contribution in [0.15, 0.2) is 0 Å². The van der Waals surface area contributed by atoms with E-state index >= 15 is 0 Å². The lowest BCUT2D eigenvalue weighted by Crippen LogP contribution is -2.48. The first-order valence-corrected chi connectivity index (χ1v) is 6.60. The standard InChI is InChI=1S/C13H24N2O3/c1-10(8-14)4-5-11(16)15-7-3-6-13(2,9-15)12(17)18/h10H,3-9,14H2,1-2H3,(H,17,18). The van der Waals surface area contributed by atoms with Crippen molar-refractivity contribution >= 4 is 11.9 Å². The molecule has 0 spiro atoms. The minimum Gasteiger partial charge on any atom is -0.481 e. The highest BCUT2D eigenvalue weighted by atomic mass is 16.4. The smallest absolute Gasteiger partial charge is 0.311 e. The quantitative estimate of drug-likeness (QED) is 0.771. The summed E-state index contributed by atoms with van der Waals surface area (Å²) in [6, 6.07) is 0. The zero-order valence-electron chi connectivity index (χ0n) is 11.3.